The molecule has 1 aromatic rings. The maximum absolute atomic E-state index is 11.0. The van der Waals surface area contributed by atoms with Crippen LogP contribution >= 0.6 is 0 Å². The van der Waals surface area contributed by atoms with Crippen LogP contribution in [0.1, 0.15) is 12.0 Å². The van der Waals surface area contributed by atoms with Crippen molar-refractivity contribution in [3.8, 4) is 0 Å². The van der Waals surface area contributed by atoms with Crippen molar-refractivity contribution in [3.05, 3.63) is 23.9 Å². The van der Waals surface area contributed by atoms with Crippen molar-refractivity contribution in [2.75, 3.05) is 11.4 Å². The Bertz CT molecular complexity index is 362. The summed E-state index contributed by atoms with van der Waals surface area (Å²) < 4.78 is 0. The summed E-state index contributed by atoms with van der Waals surface area (Å²) >= 11 is 0. The molecule has 1 saturated heterocycles. The number of nitrogens with zero attached hydrogens (tertiary/aromatic N) is 2. The Morgan fingerprint density at radius 2 is 2.40 bits per heavy atom. The molecular formula is C10H14N4O. The lowest BCUT2D eigenvalue weighted by Crippen LogP contribution is -2.55. The number of primary amides is 1. The highest BCUT2D eigenvalue weighted by atomic mass is 16.1. The Kier molecular flexibility index (Phi) is 2.55. The van der Waals surface area contributed by atoms with Crippen molar-refractivity contribution in [1.82, 2.24) is 4.98 Å². The third-order valence-corrected chi connectivity index (χ3v) is 2.69. The lowest BCUT2D eigenvalue weighted by molar-refractivity contribution is -0.120. The number of hydrogen-bond acceptors (Lipinski definition) is 4. The van der Waals surface area contributed by atoms with E-state index in [1.165, 1.54) is 0 Å². The molecule has 15 heavy (non-hydrogen) atoms. The first-order chi connectivity index (χ1) is 7.22. The van der Waals surface area contributed by atoms with Crippen LogP contribution in [0.3, 0.4) is 0 Å². The number of rotatable bonds is 3. The van der Waals surface area contributed by atoms with Gasteiger partial charge in [0.25, 0.3) is 0 Å². The predicted octanol–water partition coefficient (Wildman–Crippen LogP) is -0.396. The zero-order valence-corrected chi connectivity index (χ0v) is 8.39. The minimum atomic E-state index is -0.286. The smallest absolute Gasteiger partial charge is 0.240 e. The van der Waals surface area contributed by atoms with Crippen LogP contribution in [-0.4, -0.2) is 23.5 Å². The summed E-state index contributed by atoms with van der Waals surface area (Å²) in [7, 11) is 0. The van der Waals surface area contributed by atoms with E-state index >= 15 is 0 Å². The monoisotopic (exact) mass is 206 g/mol. The Morgan fingerprint density at radius 3 is 2.80 bits per heavy atom. The van der Waals surface area contributed by atoms with Gasteiger partial charge in [0.2, 0.25) is 5.91 Å². The molecule has 2 rings (SSSR count). The molecule has 1 fully saturated rings. The topological polar surface area (TPSA) is 85.2 Å². The molecule has 0 bridgehead atoms. The van der Waals surface area contributed by atoms with E-state index in [0.29, 0.717) is 6.54 Å². The highest BCUT2D eigenvalue weighted by molar-refractivity contribution is 5.85. The molecule has 5 heteroatoms. The van der Waals surface area contributed by atoms with Gasteiger partial charge >= 0.3 is 0 Å². The molecule has 1 unspecified atom stereocenters. The molecule has 1 aromatic heterocycles. The van der Waals surface area contributed by atoms with E-state index in [-0.39, 0.29) is 11.9 Å². The van der Waals surface area contributed by atoms with Crippen molar-refractivity contribution in [3.63, 3.8) is 0 Å². The van der Waals surface area contributed by atoms with Crippen LogP contribution in [0.2, 0.25) is 0 Å². The minimum Gasteiger partial charge on any atom is -0.368 e. The molecule has 1 aliphatic heterocycles. The molecule has 1 atom stereocenters. The van der Waals surface area contributed by atoms with Gasteiger partial charge in [-0.05, 0) is 18.1 Å². The molecule has 0 aliphatic carbocycles. The number of hydrogen-bond donors (Lipinski definition) is 2. The third-order valence-electron chi connectivity index (χ3n) is 2.69. The van der Waals surface area contributed by atoms with Gasteiger partial charge in [-0.1, -0.05) is 6.07 Å². The summed E-state index contributed by atoms with van der Waals surface area (Å²) in [6, 6.07) is 3.59. The maximum atomic E-state index is 11.0. The van der Waals surface area contributed by atoms with E-state index in [2.05, 4.69) is 4.98 Å². The second-order valence-electron chi connectivity index (χ2n) is 3.63. The summed E-state index contributed by atoms with van der Waals surface area (Å²) in [4.78, 5) is 17.2. The first-order valence-corrected chi connectivity index (χ1v) is 4.93. The number of nitrogens with two attached hydrogens (primary N) is 2. The standard InChI is InChI=1S/C10H14N4O/c11-5-7-1-2-9(13-6-7)14-4-3-8(14)10(12)15/h1-2,6,8H,3-5,11H2,(H2,12,15). The molecule has 5 nitrogen and oxygen atoms in total. The number of anilines is 1. The van der Waals surface area contributed by atoms with Gasteiger partial charge in [-0.15, -0.1) is 0 Å². The van der Waals surface area contributed by atoms with E-state index in [4.69, 9.17) is 11.5 Å². The van der Waals surface area contributed by atoms with Crippen molar-refractivity contribution in [2.24, 2.45) is 11.5 Å². The molecular weight excluding hydrogens is 192 g/mol. The fourth-order valence-corrected chi connectivity index (χ4v) is 1.66. The molecule has 1 amide bonds. The summed E-state index contributed by atoms with van der Waals surface area (Å²) in [6.45, 7) is 1.31. The highest BCUT2D eigenvalue weighted by Gasteiger charge is 2.33. The lowest BCUT2D eigenvalue weighted by atomic mass is 10.0. The van der Waals surface area contributed by atoms with E-state index in [1.807, 2.05) is 17.0 Å². The van der Waals surface area contributed by atoms with Gasteiger partial charge in [0.1, 0.15) is 11.9 Å². The first kappa shape index (κ1) is 9.92. The molecule has 1 aliphatic rings. The van der Waals surface area contributed by atoms with Gasteiger partial charge in [0.15, 0.2) is 0 Å². The summed E-state index contributed by atoms with van der Waals surface area (Å²) in [5.74, 6) is 0.508. The Hall–Kier alpha value is -1.62. The molecule has 0 spiro atoms. The second-order valence-corrected chi connectivity index (χ2v) is 3.63. The van der Waals surface area contributed by atoms with Crippen LogP contribution in [0.4, 0.5) is 5.82 Å². The quantitative estimate of drug-likeness (QED) is 0.705. The number of amides is 1. The van der Waals surface area contributed by atoms with E-state index in [0.717, 1.165) is 24.3 Å². The van der Waals surface area contributed by atoms with Crippen LogP contribution in [0.15, 0.2) is 18.3 Å². The highest BCUT2D eigenvalue weighted by Crippen LogP contribution is 2.24. The summed E-state index contributed by atoms with van der Waals surface area (Å²) in [6.07, 6.45) is 2.54. The number of carbonyl (C=O) groups excluding carboxylic acids is 1. The van der Waals surface area contributed by atoms with Crippen LogP contribution in [0.25, 0.3) is 0 Å². The Balaban J connectivity index is 2.13. The van der Waals surface area contributed by atoms with Gasteiger partial charge in [-0.25, -0.2) is 4.98 Å². The largest absolute Gasteiger partial charge is 0.368 e. The fourth-order valence-electron chi connectivity index (χ4n) is 1.66. The van der Waals surface area contributed by atoms with Crippen LogP contribution in [0, 0.1) is 0 Å². The lowest BCUT2D eigenvalue weighted by Gasteiger charge is -2.39. The maximum Gasteiger partial charge on any atom is 0.240 e. The van der Waals surface area contributed by atoms with Gasteiger partial charge < -0.3 is 16.4 Å². The molecule has 80 valence electrons. The van der Waals surface area contributed by atoms with Gasteiger partial charge in [-0.3, -0.25) is 4.79 Å². The molecule has 4 N–H and O–H groups in total. The molecule has 0 saturated carbocycles. The van der Waals surface area contributed by atoms with Gasteiger partial charge in [-0.2, -0.15) is 0 Å². The summed E-state index contributed by atoms with van der Waals surface area (Å²) in [5, 5.41) is 0. The van der Waals surface area contributed by atoms with Crippen molar-refractivity contribution in [1.29, 1.82) is 0 Å². The van der Waals surface area contributed by atoms with Crippen LogP contribution < -0.4 is 16.4 Å². The Morgan fingerprint density at radius 1 is 1.60 bits per heavy atom. The first-order valence-electron chi connectivity index (χ1n) is 4.93. The van der Waals surface area contributed by atoms with Gasteiger partial charge in [0, 0.05) is 19.3 Å². The number of pyridine rings is 1. The van der Waals surface area contributed by atoms with Crippen LogP contribution in [0.5, 0.6) is 0 Å². The van der Waals surface area contributed by atoms with E-state index in [9.17, 15) is 4.79 Å². The van der Waals surface area contributed by atoms with Crippen molar-refractivity contribution in [2.45, 2.75) is 19.0 Å². The Labute approximate surface area is 88.1 Å². The zero-order valence-electron chi connectivity index (χ0n) is 8.39. The predicted molar refractivity (Wildman–Crippen MR) is 57.1 cm³/mol. The SMILES string of the molecule is NCc1ccc(N2CCC2C(N)=O)nc1. The normalized spacial score (nSPS) is 19.8. The fraction of sp³-hybridized carbons (Fsp3) is 0.400. The number of aromatic nitrogens is 1. The average Bonchev–Trinajstić information content (AvgIpc) is 2.16. The second kappa shape index (κ2) is 3.86. The van der Waals surface area contributed by atoms with E-state index in [1.54, 1.807) is 6.20 Å². The minimum absolute atomic E-state index is 0.193. The van der Waals surface area contributed by atoms with E-state index < -0.39 is 0 Å². The molecule has 0 radical (unpaired) electrons. The van der Waals surface area contributed by atoms with Crippen molar-refractivity contribution >= 4 is 11.7 Å². The number of carbonyl (C=O) groups is 1. The third kappa shape index (κ3) is 1.78. The van der Waals surface area contributed by atoms with Crippen LogP contribution in [-0.2, 0) is 11.3 Å². The molecule has 2 heterocycles. The van der Waals surface area contributed by atoms with Crippen molar-refractivity contribution < 1.29 is 4.79 Å². The molecule has 0 aromatic carbocycles. The summed E-state index contributed by atoms with van der Waals surface area (Å²) in [5.41, 5.74) is 11.7. The average molecular weight is 206 g/mol. The zero-order chi connectivity index (χ0) is 10.8. The van der Waals surface area contributed by atoms with Gasteiger partial charge in [0.05, 0.1) is 0 Å².